The van der Waals surface area contributed by atoms with E-state index in [2.05, 4.69) is 33.0 Å². The van der Waals surface area contributed by atoms with Gasteiger partial charge in [0.25, 0.3) is 5.91 Å². The second kappa shape index (κ2) is 6.97. The molecule has 0 aromatic carbocycles. The van der Waals surface area contributed by atoms with Gasteiger partial charge in [-0.05, 0) is 18.3 Å². The molecule has 3 nitrogen and oxygen atoms in total. The molecule has 2 atom stereocenters. The normalized spacial score (nSPS) is 25.3. The van der Waals surface area contributed by atoms with Crippen LogP contribution in [0.3, 0.4) is 0 Å². The first kappa shape index (κ1) is 16.1. The molecule has 1 N–H and O–H groups in total. The van der Waals surface area contributed by atoms with Crippen molar-refractivity contribution in [2.75, 3.05) is 13.1 Å². The van der Waals surface area contributed by atoms with Gasteiger partial charge in [-0.3, -0.25) is 4.79 Å². The highest BCUT2D eigenvalue weighted by Gasteiger charge is 2.35. The van der Waals surface area contributed by atoms with Gasteiger partial charge in [0.1, 0.15) is 0 Å². The van der Waals surface area contributed by atoms with Crippen LogP contribution < -0.4 is 5.32 Å². The zero-order valence-electron chi connectivity index (χ0n) is 11.6. The van der Waals surface area contributed by atoms with Crippen molar-refractivity contribution in [2.45, 2.75) is 51.0 Å². The Morgan fingerprint density at radius 3 is 2.39 bits per heavy atom. The first-order valence-electron chi connectivity index (χ1n) is 6.65. The molecular formula is C13H24Cl2N2O. The van der Waals surface area contributed by atoms with E-state index in [1.807, 2.05) is 4.90 Å². The van der Waals surface area contributed by atoms with Crippen LogP contribution >= 0.6 is 23.2 Å². The van der Waals surface area contributed by atoms with Crippen LogP contribution in [0.2, 0.25) is 0 Å². The third-order valence-corrected chi connectivity index (χ3v) is 3.80. The highest BCUT2D eigenvalue weighted by Crippen LogP contribution is 2.21. The number of rotatable bonds is 4. The summed E-state index contributed by atoms with van der Waals surface area (Å²) in [5, 5.41) is 3.53. The molecule has 1 amide bonds. The Hall–Kier alpha value is 0.01000. The van der Waals surface area contributed by atoms with E-state index in [-0.39, 0.29) is 11.9 Å². The minimum Gasteiger partial charge on any atom is -0.334 e. The van der Waals surface area contributed by atoms with Crippen LogP contribution in [0.15, 0.2) is 0 Å². The fraction of sp³-hybridized carbons (Fsp3) is 0.923. The maximum atomic E-state index is 12.1. The minimum absolute atomic E-state index is 0.160. The molecule has 0 aromatic heterocycles. The molecule has 0 saturated carbocycles. The number of nitrogens with zero attached hydrogens (tertiary/aromatic N) is 1. The predicted molar refractivity (Wildman–Crippen MR) is 77.1 cm³/mol. The van der Waals surface area contributed by atoms with Crippen LogP contribution in [0.25, 0.3) is 0 Å². The Balaban J connectivity index is 2.73. The van der Waals surface area contributed by atoms with E-state index in [0.717, 1.165) is 13.0 Å². The Bertz CT molecular complexity index is 282. The van der Waals surface area contributed by atoms with Gasteiger partial charge >= 0.3 is 0 Å². The Labute approximate surface area is 120 Å². The summed E-state index contributed by atoms with van der Waals surface area (Å²) in [6.45, 7) is 10.1. The largest absolute Gasteiger partial charge is 0.334 e. The molecular weight excluding hydrogens is 271 g/mol. The molecule has 1 fully saturated rings. The first-order chi connectivity index (χ1) is 8.32. The number of piperazine rings is 1. The summed E-state index contributed by atoms with van der Waals surface area (Å²) < 4.78 is 0. The van der Waals surface area contributed by atoms with E-state index in [0.29, 0.717) is 24.4 Å². The monoisotopic (exact) mass is 294 g/mol. The fourth-order valence-corrected chi connectivity index (χ4v) is 2.79. The molecule has 1 aliphatic rings. The maximum absolute atomic E-state index is 12.1. The number of amides is 1. The van der Waals surface area contributed by atoms with Crippen molar-refractivity contribution in [3.05, 3.63) is 0 Å². The molecule has 0 aliphatic carbocycles. The Morgan fingerprint density at radius 2 is 1.94 bits per heavy atom. The van der Waals surface area contributed by atoms with Crippen LogP contribution in [0, 0.1) is 11.8 Å². The third-order valence-electron chi connectivity index (χ3n) is 3.43. The lowest BCUT2D eigenvalue weighted by molar-refractivity contribution is -0.134. The highest BCUT2D eigenvalue weighted by atomic mass is 35.5. The zero-order valence-corrected chi connectivity index (χ0v) is 13.1. The van der Waals surface area contributed by atoms with E-state index < -0.39 is 4.84 Å². The fourth-order valence-electron chi connectivity index (χ4n) is 2.54. The summed E-state index contributed by atoms with van der Waals surface area (Å²) in [5.74, 6) is 0.846. The number of nitrogens with one attached hydrogen (secondary N) is 1. The quantitative estimate of drug-likeness (QED) is 0.809. The number of alkyl halides is 2. The molecule has 0 radical (unpaired) electrons. The summed E-state index contributed by atoms with van der Waals surface area (Å²) >= 11 is 11.5. The average molecular weight is 295 g/mol. The molecule has 1 heterocycles. The number of carbonyl (C=O) groups excluding carboxylic acids is 1. The lowest BCUT2D eigenvalue weighted by Crippen LogP contribution is -2.61. The van der Waals surface area contributed by atoms with Crippen LogP contribution in [0.4, 0.5) is 0 Å². The molecule has 0 aromatic rings. The van der Waals surface area contributed by atoms with Gasteiger partial charge in [-0.15, -0.1) is 0 Å². The third kappa shape index (κ3) is 4.29. The van der Waals surface area contributed by atoms with Crippen molar-refractivity contribution in [1.82, 2.24) is 10.2 Å². The molecule has 2 unspecified atom stereocenters. The maximum Gasteiger partial charge on any atom is 0.256 e. The van der Waals surface area contributed by atoms with Crippen LogP contribution in [-0.2, 0) is 4.79 Å². The van der Waals surface area contributed by atoms with Crippen LogP contribution in [0.5, 0.6) is 0 Å². The SMILES string of the molecule is CC(C)CC1CN(C(=O)C(Cl)Cl)C(C(C)C)CN1. The summed E-state index contributed by atoms with van der Waals surface area (Å²) in [5.41, 5.74) is 0. The molecule has 1 rings (SSSR count). The van der Waals surface area contributed by atoms with Crippen molar-refractivity contribution in [3.8, 4) is 0 Å². The number of carbonyl (C=O) groups is 1. The second-order valence-corrected chi connectivity index (χ2v) is 6.93. The molecule has 0 spiro atoms. The van der Waals surface area contributed by atoms with Crippen molar-refractivity contribution >= 4 is 29.1 Å². The van der Waals surface area contributed by atoms with Crippen molar-refractivity contribution in [3.63, 3.8) is 0 Å². The summed E-state index contributed by atoms with van der Waals surface area (Å²) in [6, 6.07) is 0.525. The van der Waals surface area contributed by atoms with Gasteiger partial charge in [-0.2, -0.15) is 0 Å². The topological polar surface area (TPSA) is 32.3 Å². The Morgan fingerprint density at radius 1 is 1.33 bits per heavy atom. The van der Waals surface area contributed by atoms with Crippen molar-refractivity contribution in [2.24, 2.45) is 11.8 Å². The molecule has 0 bridgehead atoms. The van der Waals surface area contributed by atoms with Crippen molar-refractivity contribution < 1.29 is 4.79 Å². The van der Waals surface area contributed by atoms with Gasteiger partial charge < -0.3 is 10.2 Å². The minimum atomic E-state index is -0.955. The molecule has 106 valence electrons. The predicted octanol–water partition coefficient (Wildman–Crippen LogP) is 2.66. The summed E-state index contributed by atoms with van der Waals surface area (Å²) in [7, 11) is 0. The molecule has 5 heteroatoms. The lowest BCUT2D eigenvalue weighted by atomic mass is 9.95. The smallest absolute Gasteiger partial charge is 0.256 e. The molecule has 18 heavy (non-hydrogen) atoms. The number of halogens is 2. The Kier molecular flexibility index (Phi) is 6.22. The van der Waals surface area contributed by atoms with Gasteiger partial charge in [-0.1, -0.05) is 50.9 Å². The highest BCUT2D eigenvalue weighted by molar-refractivity contribution is 6.53. The zero-order chi connectivity index (χ0) is 13.9. The van der Waals surface area contributed by atoms with E-state index in [1.54, 1.807) is 0 Å². The second-order valence-electron chi connectivity index (χ2n) is 5.84. The van der Waals surface area contributed by atoms with Gasteiger partial charge in [-0.25, -0.2) is 0 Å². The van der Waals surface area contributed by atoms with Gasteiger partial charge in [0, 0.05) is 25.2 Å². The van der Waals surface area contributed by atoms with E-state index >= 15 is 0 Å². The van der Waals surface area contributed by atoms with Gasteiger partial charge in [0.2, 0.25) is 0 Å². The van der Waals surface area contributed by atoms with Crippen LogP contribution in [-0.4, -0.2) is 40.8 Å². The average Bonchev–Trinajstić information content (AvgIpc) is 2.26. The molecule has 1 saturated heterocycles. The lowest BCUT2D eigenvalue weighted by Gasteiger charge is -2.43. The first-order valence-corrected chi connectivity index (χ1v) is 7.52. The van der Waals surface area contributed by atoms with E-state index in [1.165, 1.54) is 0 Å². The standard InChI is InChI=1S/C13H24Cl2N2O/c1-8(2)5-10-7-17(13(18)12(14)15)11(6-16-10)9(3)4/h8-12,16H,5-7H2,1-4H3. The number of hydrogen-bond donors (Lipinski definition) is 1. The summed E-state index contributed by atoms with van der Waals surface area (Å²) in [4.78, 5) is 13.0. The van der Waals surface area contributed by atoms with E-state index in [4.69, 9.17) is 23.2 Å². The number of hydrogen-bond acceptors (Lipinski definition) is 2. The van der Waals surface area contributed by atoms with Crippen LogP contribution in [0.1, 0.15) is 34.1 Å². The molecule has 1 aliphatic heterocycles. The van der Waals surface area contributed by atoms with Gasteiger partial charge in [0.15, 0.2) is 4.84 Å². The van der Waals surface area contributed by atoms with E-state index in [9.17, 15) is 4.79 Å². The summed E-state index contributed by atoms with van der Waals surface area (Å²) in [6.07, 6.45) is 1.06. The van der Waals surface area contributed by atoms with Gasteiger partial charge in [0.05, 0.1) is 0 Å². The van der Waals surface area contributed by atoms with Crippen molar-refractivity contribution in [1.29, 1.82) is 0 Å².